The van der Waals surface area contributed by atoms with E-state index in [1.807, 2.05) is 20.8 Å². The van der Waals surface area contributed by atoms with Gasteiger partial charge in [0.25, 0.3) is 0 Å². The fraction of sp³-hybridized carbons (Fsp3) is 0.909. The molecule has 0 aromatic heterocycles. The molecule has 0 aromatic rings. The molecule has 1 N–H and O–H groups in total. The molecular weight excluding hydrogens is 326 g/mol. The van der Waals surface area contributed by atoms with Gasteiger partial charge in [-0.2, -0.15) is 0 Å². The Hall–Kier alpha value is -1.06. The molecule has 0 fully saturated rings. The highest BCUT2D eigenvalue weighted by atomic mass is 16.6. The second-order valence-electron chi connectivity index (χ2n) is 8.47. The van der Waals surface area contributed by atoms with Crippen LogP contribution in [-0.2, 0) is 9.53 Å². The van der Waals surface area contributed by atoms with Gasteiger partial charge in [-0.1, -0.05) is 77.6 Å². The summed E-state index contributed by atoms with van der Waals surface area (Å²) in [5, 5.41) is 2.62. The van der Waals surface area contributed by atoms with Crippen LogP contribution in [-0.4, -0.2) is 23.5 Å². The Morgan fingerprint density at radius 3 is 1.65 bits per heavy atom. The van der Waals surface area contributed by atoms with Crippen LogP contribution in [0.4, 0.5) is 4.79 Å². The first kappa shape index (κ1) is 24.9. The lowest BCUT2D eigenvalue weighted by Crippen LogP contribution is -2.41. The molecule has 0 saturated heterocycles. The van der Waals surface area contributed by atoms with Crippen molar-refractivity contribution in [3.8, 4) is 0 Å². The fourth-order valence-corrected chi connectivity index (χ4v) is 2.92. The molecule has 0 spiro atoms. The number of Topliss-reactive ketones (excluding diaryl/α,β-unsaturated/α-hetero) is 1. The van der Waals surface area contributed by atoms with Gasteiger partial charge in [0.05, 0.1) is 6.04 Å². The Bertz CT molecular complexity index is 374. The smallest absolute Gasteiger partial charge is 0.408 e. The lowest BCUT2D eigenvalue weighted by molar-refractivity contribution is -0.120. The summed E-state index contributed by atoms with van der Waals surface area (Å²) in [6.07, 6.45) is 15.4. The van der Waals surface area contributed by atoms with E-state index in [4.69, 9.17) is 4.74 Å². The maximum absolute atomic E-state index is 12.1. The van der Waals surface area contributed by atoms with Crippen LogP contribution in [0.3, 0.4) is 0 Å². The summed E-state index contributed by atoms with van der Waals surface area (Å²) < 4.78 is 5.17. The van der Waals surface area contributed by atoms with Crippen LogP contribution >= 0.6 is 0 Å². The molecule has 1 amide bonds. The van der Waals surface area contributed by atoms with Crippen molar-refractivity contribution >= 4 is 11.9 Å². The third-order valence-electron chi connectivity index (χ3n) is 4.49. The van der Waals surface area contributed by atoms with Crippen molar-refractivity contribution < 1.29 is 14.3 Å². The summed E-state index contributed by atoms with van der Waals surface area (Å²) in [5.74, 6) is 0.0861. The molecule has 0 aliphatic rings. The zero-order valence-electron chi connectivity index (χ0n) is 18.0. The Morgan fingerprint density at radius 2 is 1.23 bits per heavy atom. The van der Waals surface area contributed by atoms with Crippen LogP contribution in [0.25, 0.3) is 0 Å². The lowest BCUT2D eigenvalue weighted by atomic mass is 10.0. The first-order valence-corrected chi connectivity index (χ1v) is 10.8. The molecule has 0 aromatic carbocycles. The number of amides is 1. The van der Waals surface area contributed by atoms with Crippen molar-refractivity contribution in [2.75, 3.05) is 0 Å². The number of nitrogens with one attached hydrogen (secondary N) is 1. The maximum atomic E-state index is 12.1. The Kier molecular flexibility index (Phi) is 14.4. The molecule has 0 radical (unpaired) electrons. The van der Waals surface area contributed by atoms with Gasteiger partial charge in [-0.25, -0.2) is 4.79 Å². The number of rotatable bonds is 15. The van der Waals surface area contributed by atoms with Gasteiger partial charge < -0.3 is 10.1 Å². The monoisotopic (exact) mass is 369 g/mol. The Balaban J connectivity index is 3.52. The number of unbranched alkanes of at least 4 members (excludes halogenated alkanes) is 11. The highest BCUT2D eigenvalue weighted by molar-refractivity contribution is 5.86. The van der Waals surface area contributed by atoms with Crippen molar-refractivity contribution in [1.82, 2.24) is 5.32 Å². The largest absolute Gasteiger partial charge is 0.444 e. The van der Waals surface area contributed by atoms with Crippen LogP contribution in [0.2, 0.25) is 0 Å². The number of alkyl carbamates (subject to hydrolysis) is 1. The number of hydrogen-bond donors (Lipinski definition) is 1. The molecule has 0 saturated carbocycles. The van der Waals surface area contributed by atoms with Crippen molar-refractivity contribution in [2.24, 2.45) is 0 Å². The van der Waals surface area contributed by atoms with Crippen molar-refractivity contribution in [3.63, 3.8) is 0 Å². The van der Waals surface area contributed by atoms with Crippen LogP contribution in [0.5, 0.6) is 0 Å². The zero-order valence-corrected chi connectivity index (χ0v) is 18.0. The first-order valence-electron chi connectivity index (χ1n) is 10.8. The van der Waals surface area contributed by atoms with E-state index in [2.05, 4.69) is 12.2 Å². The summed E-state index contributed by atoms with van der Waals surface area (Å²) in [7, 11) is 0. The molecular formula is C22H43NO3. The SMILES string of the molecule is CCCCCCCCCCCCCCC(=O)[C@H](C)NC(=O)OC(C)(C)C. The number of carbonyl (C=O) groups excluding carboxylic acids is 2. The quantitative estimate of drug-likeness (QED) is 0.332. The summed E-state index contributed by atoms with van der Waals surface area (Å²) >= 11 is 0. The standard InChI is InChI=1S/C22H43NO3/c1-6-7-8-9-10-11-12-13-14-15-16-17-18-20(24)19(2)23-21(25)26-22(3,4)5/h19H,6-18H2,1-5H3,(H,23,25)/t19-/m0/s1. The van der Waals surface area contributed by atoms with E-state index in [0.29, 0.717) is 6.42 Å². The predicted octanol–water partition coefficient (Wildman–Crippen LogP) is 6.56. The molecule has 0 unspecified atom stereocenters. The predicted molar refractivity (Wildman–Crippen MR) is 110 cm³/mol. The summed E-state index contributed by atoms with van der Waals surface area (Å²) in [6, 6.07) is -0.474. The summed E-state index contributed by atoms with van der Waals surface area (Å²) in [4.78, 5) is 23.7. The van der Waals surface area contributed by atoms with E-state index in [1.165, 1.54) is 64.2 Å². The lowest BCUT2D eigenvalue weighted by Gasteiger charge is -2.21. The molecule has 0 heterocycles. The Morgan fingerprint density at radius 1 is 0.808 bits per heavy atom. The number of ketones is 1. The van der Waals surface area contributed by atoms with E-state index in [0.717, 1.165) is 12.8 Å². The maximum Gasteiger partial charge on any atom is 0.408 e. The van der Waals surface area contributed by atoms with Gasteiger partial charge >= 0.3 is 6.09 Å². The molecule has 0 rings (SSSR count). The van der Waals surface area contributed by atoms with Crippen molar-refractivity contribution in [1.29, 1.82) is 0 Å². The van der Waals surface area contributed by atoms with E-state index < -0.39 is 17.7 Å². The number of ether oxygens (including phenoxy) is 1. The van der Waals surface area contributed by atoms with Crippen LogP contribution in [0, 0.1) is 0 Å². The van der Waals surface area contributed by atoms with Gasteiger partial charge in [-0.15, -0.1) is 0 Å². The highest BCUT2D eigenvalue weighted by Gasteiger charge is 2.20. The minimum absolute atomic E-state index is 0.0861. The fourth-order valence-electron chi connectivity index (χ4n) is 2.92. The Labute approximate surface area is 161 Å². The minimum Gasteiger partial charge on any atom is -0.444 e. The third kappa shape index (κ3) is 16.4. The zero-order chi connectivity index (χ0) is 19.8. The van der Waals surface area contributed by atoms with Crippen molar-refractivity contribution in [3.05, 3.63) is 0 Å². The minimum atomic E-state index is -0.539. The summed E-state index contributed by atoms with van der Waals surface area (Å²) in [6.45, 7) is 9.42. The van der Waals surface area contributed by atoms with Gasteiger partial charge in [0, 0.05) is 6.42 Å². The molecule has 4 nitrogen and oxygen atoms in total. The average molecular weight is 370 g/mol. The van der Waals surface area contributed by atoms with Crippen LogP contribution < -0.4 is 5.32 Å². The number of carbonyl (C=O) groups is 2. The van der Waals surface area contributed by atoms with Gasteiger partial charge in [0.2, 0.25) is 0 Å². The van der Waals surface area contributed by atoms with Crippen LogP contribution in [0.1, 0.15) is 118 Å². The molecule has 0 bridgehead atoms. The van der Waals surface area contributed by atoms with E-state index in [1.54, 1.807) is 6.92 Å². The third-order valence-corrected chi connectivity index (χ3v) is 4.49. The molecule has 1 atom stereocenters. The van der Waals surface area contributed by atoms with Gasteiger partial charge in [-0.05, 0) is 34.1 Å². The second kappa shape index (κ2) is 15.0. The van der Waals surface area contributed by atoms with Crippen LogP contribution in [0.15, 0.2) is 0 Å². The van der Waals surface area contributed by atoms with Gasteiger partial charge in [0.1, 0.15) is 5.60 Å². The van der Waals surface area contributed by atoms with Gasteiger partial charge in [0.15, 0.2) is 5.78 Å². The normalized spacial score (nSPS) is 12.7. The van der Waals surface area contributed by atoms with Gasteiger partial charge in [-0.3, -0.25) is 4.79 Å². The average Bonchev–Trinajstić information content (AvgIpc) is 2.53. The van der Waals surface area contributed by atoms with E-state index in [9.17, 15) is 9.59 Å². The number of hydrogen-bond acceptors (Lipinski definition) is 3. The molecule has 4 heteroatoms. The molecule has 0 aliphatic carbocycles. The van der Waals surface area contributed by atoms with Crippen molar-refractivity contribution in [2.45, 2.75) is 130 Å². The molecule has 154 valence electrons. The molecule has 26 heavy (non-hydrogen) atoms. The highest BCUT2D eigenvalue weighted by Crippen LogP contribution is 2.13. The second-order valence-corrected chi connectivity index (χ2v) is 8.47. The first-order chi connectivity index (χ1) is 12.3. The molecule has 0 aliphatic heterocycles. The van der Waals surface area contributed by atoms with E-state index in [-0.39, 0.29) is 5.78 Å². The van der Waals surface area contributed by atoms with E-state index >= 15 is 0 Å². The summed E-state index contributed by atoms with van der Waals surface area (Å²) in [5.41, 5.74) is -0.539. The topological polar surface area (TPSA) is 55.4 Å².